The van der Waals surface area contributed by atoms with Crippen molar-refractivity contribution in [3.05, 3.63) is 35.4 Å². The number of amides is 1. The van der Waals surface area contributed by atoms with E-state index in [1.54, 1.807) is 11.8 Å². The first kappa shape index (κ1) is 17.4. The predicted molar refractivity (Wildman–Crippen MR) is 91.1 cm³/mol. The summed E-state index contributed by atoms with van der Waals surface area (Å²) in [5.41, 5.74) is 8.14. The molecule has 1 aromatic carbocycles. The average Bonchev–Trinajstić information content (AvgIpc) is 2.46. The highest BCUT2D eigenvalue weighted by Crippen LogP contribution is 2.16. The standard InChI is InChI=1S/C15H24N2OS2/c1-2-17-15(18)7-9-19-11-13-3-5-14(6-4-13)12-20-10-8-16/h3-6H,2,7-12,16H2,1H3,(H,17,18). The Hall–Kier alpha value is -0.650. The fraction of sp³-hybridized carbons (Fsp3) is 0.533. The average molecular weight is 313 g/mol. The normalized spacial score (nSPS) is 10.5. The van der Waals surface area contributed by atoms with E-state index in [4.69, 9.17) is 5.73 Å². The Bertz CT molecular complexity index is 382. The largest absolute Gasteiger partial charge is 0.356 e. The fourth-order valence-electron chi connectivity index (χ4n) is 1.65. The number of hydrogen-bond donors (Lipinski definition) is 2. The molecule has 0 aromatic heterocycles. The van der Waals surface area contributed by atoms with Gasteiger partial charge in [0.1, 0.15) is 0 Å². The molecule has 0 aliphatic rings. The molecule has 3 nitrogen and oxygen atoms in total. The summed E-state index contributed by atoms with van der Waals surface area (Å²) in [6.07, 6.45) is 0.603. The van der Waals surface area contributed by atoms with Gasteiger partial charge in [-0.05, 0) is 18.1 Å². The zero-order valence-corrected chi connectivity index (χ0v) is 13.7. The lowest BCUT2D eigenvalue weighted by Gasteiger charge is -2.05. The summed E-state index contributed by atoms with van der Waals surface area (Å²) < 4.78 is 0. The van der Waals surface area contributed by atoms with Crippen LogP contribution in [0, 0.1) is 0 Å². The first-order chi connectivity index (χ1) is 9.76. The van der Waals surface area contributed by atoms with Crippen molar-refractivity contribution in [2.45, 2.75) is 24.9 Å². The number of nitrogens with two attached hydrogens (primary N) is 1. The van der Waals surface area contributed by atoms with E-state index in [9.17, 15) is 4.79 Å². The number of carbonyl (C=O) groups is 1. The molecule has 0 aliphatic heterocycles. The minimum absolute atomic E-state index is 0.146. The van der Waals surface area contributed by atoms with E-state index in [2.05, 4.69) is 29.6 Å². The number of nitrogens with one attached hydrogen (secondary N) is 1. The maximum atomic E-state index is 11.3. The Balaban J connectivity index is 2.19. The highest BCUT2D eigenvalue weighted by Gasteiger charge is 2.00. The molecule has 0 aliphatic carbocycles. The van der Waals surface area contributed by atoms with Gasteiger partial charge in [-0.25, -0.2) is 0 Å². The van der Waals surface area contributed by atoms with E-state index in [0.717, 1.165) is 29.6 Å². The van der Waals surface area contributed by atoms with Crippen LogP contribution in [0.3, 0.4) is 0 Å². The molecule has 0 saturated carbocycles. The van der Waals surface area contributed by atoms with Gasteiger partial charge in [0, 0.05) is 42.5 Å². The predicted octanol–water partition coefficient (Wildman–Crippen LogP) is 2.64. The zero-order valence-electron chi connectivity index (χ0n) is 12.1. The van der Waals surface area contributed by atoms with Crippen LogP contribution in [0.4, 0.5) is 0 Å². The van der Waals surface area contributed by atoms with E-state index < -0.39 is 0 Å². The van der Waals surface area contributed by atoms with Crippen molar-refractivity contribution in [1.29, 1.82) is 0 Å². The Morgan fingerprint density at radius 3 is 2.15 bits per heavy atom. The third kappa shape index (κ3) is 7.82. The number of rotatable bonds is 10. The molecular formula is C15H24N2OS2. The first-order valence-corrected chi connectivity index (χ1v) is 9.27. The summed E-state index contributed by atoms with van der Waals surface area (Å²) >= 11 is 3.67. The molecule has 0 heterocycles. The van der Waals surface area contributed by atoms with Gasteiger partial charge >= 0.3 is 0 Å². The smallest absolute Gasteiger partial charge is 0.220 e. The van der Waals surface area contributed by atoms with Gasteiger partial charge in [0.05, 0.1) is 0 Å². The highest BCUT2D eigenvalue weighted by molar-refractivity contribution is 7.98. The quantitative estimate of drug-likeness (QED) is 0.652. The molecule has 112 valence electrons. The SMILES string of the molecule is CCNC(=O)CCSCc1ccc(CSCCN)cc1. The number of hydrogen-bond acceptors (Lipinski definition) is 4. The molecule has 0 unspecified atom stereocenters. The summed E-state index contributed by atoms with van der Waals surface area (Å²) in [5, 5.41) is 2.81. The van der Waals surface area contributed by atoms with Gasteiger partial charge < -0.3 is 11.1 Å². The molecule has 0 spiro atoms. The van der Waals surface area contributed by atoms with E-state index in [-0.39, 0.29) is 5.91 Å². The molecule has 0 radical (unpaired) electrons. The molecule has 20 heavy (non-hydrogen) atoms. The van der Waals surface area contributed by atoms with Crippen molar-refractivity contribution in [2.24, 2.45) is 5.73 Å². The minimum atomic E-state index is 0.146. The van der Waals surface area contributed by atoms with Gasteiger partial charge in [-0.2, -0.15) is 23.5 Å². The van der Waals surface area contributed by atoms with Gasteiger partial charge in [0.15, 0.2) is 0 Å². The maximum absolute atomic E-state index is 11.3. The molecule has 0 saturated heterocycles. The highest BCUT2D eigenvalue weighted by atomic mass is 32.2. The second kappa shape index (κ2) is 11.1. The van der Waals surface area contributed by atoms with Crippen molar-refractivity contribution in [3.8, 4) is 0 Å². The number of carbonyl (C=O) groups excluding carboxylic acids is 1. The van der Waals surface area contributed by atoms with Crippen LogP contribution in [0.15, 0.2) is 24.3 Å². The molecule has 5 heteroatoms. The van der Waals surface area contributed by atoms with Gasteiger partial charge in [0.25, 0.3) is 0 Å². The Kier molecular flexibility index (Phi) is 9.62. The van der Waals surface area contributed by atoms with E-state index in [1.165, 1.54) is 11.1 Å². The number of thioether (sulfide) groups is 2. The molecule has 1 aromatic rings. The molecular weight excluding hydrogens is 288 g/mol. The Morgan fingerprint density at radius 2 is 1.65 bits per heavy atom. The molecule has 0 atom stereocenters. The summed E-state index contributed by atoms with van der Waals surface area (Å²) in [4.78, 5) is 11.3. The topological polar surface area (TPSA) is 55.1 Å². The van der Waals surface area contributed by atoms with Crippen molar-refractivity contribution in [3.63, 3.8) is 0 Å². The molecule has 3 N–H and O–H groups in total. The Labute approximate surface area is 130 Å². The lowest BCUT2D eigenvalue weighted by atomic mass is 10.2. The molecule has 1 rings (SSSR count). The van der Waals surface area contributed by atoms with Crippen molar-refractivity contribution in [1.82, 2.24) is 5.32 Å². The summed E-state index contributed by atoms with van der Waals surface area (Å²) in [7, 11) is 0. The van der Waals surface area contributed by atoms with Crippen LogP contribution in [0.5, 0.6) is 0 Å². The maximum Gasteiger partial charge on any atom is 0.220 e. The van der Waals surface area contributed by atoms with Crippen LogP contribution in [-0.2, 0) is 16.3 Å². The molecule has 1 amide bonds. The lowest BCUT2D eigenvalue weighted by molar-refractivity contribution is -0.120. The van der Waals surface area contributed by atoms with Gasteiger partial charge in [0.2, 0.25) is 5.91 Å². The van der Waals surface area contributed by atoms with E-state index in [0.29, 0.717) is 13.0 Å². The van der Waals surface area contributed by atoms with Crippen LogP contribution in [-0.4, -0.2) is 30.5 Å². The summed E-state index contributed by atoms with van der Waals surface area (Å²) in [6, 6.07) is 8.72. The third-order valence-corrected chi connectivity index (χ3v) is 4.76. The van der Waals surface area contributed by atoms with Gasteiger partial charge in [-0.1, -0.05) is 24.3 Å². The monoisotopic (exact) mass is 312 g/mol. The second-order valence-electron chi connectivity index (χ2n) is 4.41. The van der Waals surface area contributed by atoms with Crippen molar-refractivity contribution < 1.29 is 4.79 Å². The summed E-state index contributed by atoms with van der Waals surface area (Å²) in [6.45, 7) is 3.40. The van der Waals surface area contributed by atoms with E-state index in [1.807, 2.05) is 18.7 Å². The minimum Gasteiger partial charge on any atom is -0.356 e. The molecule has 0 fully saturated rings. The lowest BCUT2D eigenvalue weighted by Crippen LogP contribution is -2.22. The van der Waals surface area contributed by atoms with Gasteiger partial charge in [-0.15, -0.1) is 0 Å². The van der Waals surface area contributed by atoms with Crippen LogP contribution in [0.2, 0.25) is 0 Å². The van der Waals surface area contributed by atoms with E-state index >= 15 is 0 Å². The van der Waals surface area contributed by atoms with Crippen LogP contribution in [0.1, 0.15) is 24.5 Å². The third-order valence-electron chi connectivity index (χ3n) is 2.67. The van der Waals surface area contributed by atoms with Crippen LogP contribution < -0.4 is 11.1 Å². The van der Waals surface area contributed by atoms with Crippen LogP contribution >= 0.6 is 23.5 Å². The first-order valence-electron chi connectivity index (χ1n) is 6.96. The summed E-state index contributed by atoms with van der Waals surface area (Å²) in [5.74, 6) is 4.03. The Morgan fingerprint density at radius 1 is 1.10 bits per heavy atom. The van der Waals surface area contributed by atoms with Crippen molar-refractivity contribution in [2.75, 3.05) is 24.6 Å². The van der Waals surface area contributed by atoms with Crippen molar-refractivity contribution >= 4 is 29.4 Å². The second-order valence-corrected chi connectivity index (χ2v) is 6.62. The molecule has 0 bridgehead atoms. The van der Waals surface area contributed by atoms with Crippen LogP contribution in [0.25, 0.3) is 0 Å². The number of benzene rings is 1. The van der Waals surface area contributed by atoms with Gasteiger partial charge in [-0.3, -0.25) is 4.79 Å². The fourth-order valence-corrected chi connectivity index (χ4v) is 3.29. The zero-order chi connectivity index (χ0) is 14.6.